The number of hydrogen-bond donors (Lipinski definition) is 0. The van der Waals surface area contributed by atoms with E-state index in [4.69, 9.17) is 19.7 Å². The maximum absolute atomic E-state index is 5.39. The van der Waals surface area contributed by atoms with E-state index in [0.717, 1.165) is 68.4 Å². The third kappa shape index (κ3) is 6.43. The first-order chi connectivity index (χ1) is 25.9. The molecule has 0 aliphatic rings. The molecule has 0 spiro atoms. The predicted molar refractivity (Wildman–Crippen MR) is 214 cm³/mol. The van der Waals surface area contributed by atoms with Crippen molar-refractivity contribution in [1.82, 2.24) is 29.5 Å². The quantitative estimate of drug-likeness (QED) is 0.133. The molecule has 0 amide bonds. The normalized spacial score (nSPS) is 11.4. The average Bonchev–Trinajstić information content (AvgIpc) is 3.88. The zero-order valence-electron chi connectivity index (χ0n) is 30.0. The van der Waals surface area contributed by atoms with Gasteiger partial charge in [-0.25, -0.2) is 0 Å². The van der Waals surface area contributed by atoms with Crippen LogP contribution in [0.4, 0.5) is 0 Å². The fourth-order valence-corrected chi connectivity index (χ4v) is 9.01. The second-order valence-electron chi connectivity index (χ2n) is 13.3. The van der Waals surface area contributed by atoms with Crippen molar-refractivity contribution in [1.29, 1.82) is 0 Å². The molecule has 0 saturated carbocycles. The average molecular weight is 711 g/mol. The Morgan fingerprint density at radius 1 is 0.377 bits per heavy atom. The number of rotatable bonds is 10. The smallest absolute Gasteiger partial charge is 0.168 e. The van der Waals surface area contributed by atoms with Crippen LogP contribution in [-0.4, -0.2) is 51.8 Å². The lowest BCUT2D eigenvalue weighted by molar-refractivity contribution is 0.414. The van der Waals surface area contributed by atoms with E-state index >= 15 is 0 Å². The van der Waals surface area contributed by atoms with E-state index < -0.39 is 8.07 Å². The van der Waals surface area contributed by atoms with Crippen LogP contribution in [0.25, 0.3) is 56.9 Å². The van der Waals surface area contributed by atoms with Gasteiger partial charge in [0.05, 0.1) is 14.2 Å². The topological polar surface area (TPSA) is 79.9 Å². The fourth-order valence-electron chi connectivity index (χ4n) is 6.68. The van der Waals surface area contributed by atoms with E-state index in [9.17, 15) is 0 Å². The first-order valence-electron chi connectivity index (χ1n) is 17.5. The van der Waals surface area contributed by atoms with Gasteiger partial charge in [-0.05, 0) is 72.8 Å². The summed E-state index contributed by atoms with van der Waals surface area (Å²) in [6.45, 7) is 4.78. The zero-order chi connectivity index (χ0) is 36.4. The summed E-state index contributed by atoms with van der Waals surface area (Å²) in [7, 11) is 1.26. The van der Waals surface area contributed by atoms with Crippen molar-refractivity contribution in [3.63, 3.8) is 0 Å². The number of para-hydroxylation sites is 2. The molecule has 8 rings (SSSR count). The summed E-state index contributed by atoms with van der Waals surface area (Å²) < 4.78 is 15.0. The molecule has 0 N–H and O–H groups in total. The van der Waals surface area contributed by atoms with Gasteiger partial charge in [0.2, 0.25) is 0 Å². The lowest BCUT2D eigenvalue weighted by atomic mass is 10.1. The molecule has 0 fully saturated rings. The number of hydrogen-bond acceptors (Lipinski definition) is 6. The van der Waals surface area contributed by atoms with E-state index in [1.165, 1.54) is 10.4 Å². The summed E-state index contributed by atoms with van der Waals surface area (Å²) in [5.41, 5.74) is 5.91. The molecule has 2 aromatic heterocycles. The van der Waals surface area contributed by atoms with Gasteiger partial charge in [0.15, 0.2) is 23.3 Å². The third-order valence-corrected chi connectivity index (χ3v) is 13.3. The van der Waals surface area contributed by atoms with Crippen LogP contribution in [0.1, 0.15) is 0 Å². The highest BCUT2D eigenvalue weighted by atomic mass is 28.3. The molecule has 0 atom stereocenters. The first kappa shape index (κ1) is 33.6. The molecule has 9 heteroatoms. The predicted octanol–water partition coefficient (Wildman–Crippen LogP) is 8.36. The zero-order valence-corrected chi connectivity index (χ0v) is 31.0. The summed E-state index contributed by atoms with van der Waals surface area (Å²) in [4.78, 5) is 0. The van der Waals surface area contributed by atoms with Gasteiger partial charge >= 0.3 is 0 Å². The van der Waals surface area contributed by atoms with Crippen LogP contribution in [0.2, 0.25) is 13.1 Å². The Labute approximate surface area is 310 Å². The molecule has 0 aliphatic carbocycles. The second-order valence-corrected chi connectivity index (χ2v) is 17.7. The lowest BCUT2D eigenvalue weighted by Gasteiger charge is -2.24. The van der Waals surface area contributed by atoms with Crippen LogP contribution < -0.4 is 19.8 Å². The van der Waals surface area contributed by atoms with Crippen LogP contribution in [-0.2, 0) is 0 Å². The molecule has 53 heavy (non-hydrogen) atoms. The largest absolute Gasteiger partial charge is 0.497 e. The number of nitrogens with zero attached hydrogens (tertiary/aromatic N) is 6. The van der Waals surface area contributed by atoms with Crippen LogP contribution in [0.5, 0.6) is 11.5 Å². The van der Waals surface area contributed by atoms with Crippen molar-refractivity contribution in [2.24, 2.45) is 0 Å². The minimum absolute atomic E-state index is 0.770. The van der Waals surface area contributed by atoms with Crippen molar-refractivity contribution in [2.75, 3.05) is 14.2 Å². The first-order valence-corrected chi connectivity index (χ1v) is 20.5. The Balaban J connectivity index is 1.11. The summed E-state index contributed by atoms with van der Waals surface area (Å²) in [6, 6.07) is 54.0. The standard InChI is InChI=1S/C44H38N6O2Si/c1-51-37-23-15-31(16-24-37)41-45-47-43(49(41)35-11-7-5-8-12-35)33-19-27-39(28-20-33)53(3,4)40-29-21-34(22-30-40)44-48-46-42(32-17-25-38(52-2)26-18-32)50(44)36-13-9-6-10-14-36/h5-30H,1-4H3. The number of aromatic nitrogens is 6. The van der Waals surface area contributed by atoms with E-state index in [2.05, 4.69) is 105 Å². The van der Waals surface area contributed by atoms with Gasteiger partial charge in [0.1, 0.15) is 19.6 Å². The van der Waals surface area contributed by atoms with Gasteiger partial charge in [-0.2, -0.15) is 0 Å². The molecule has 8 aromatic rings. The van der Waals surface area contributed by atoms with E-state index in [1.54, 1.807) is 14.2 Å². The van der Waals surface area contributed by atoms with Crippen molar-refractivity contribution in [2.45, 2.75) is 13.1 Å². The molecule has 0 aliphatic heterocycles. The highest BCUT2D eigenvalue weighted by molar-refractivity contribution is 7.00. The van der Waals surface area contributed by atoms with Crippen LogP contribution >= 0.6 is 0 Å². The fraction of sp³-hybridized carbons (Fsp3) is 0.0909. The van der Waals surface area contributed by atoms with Crippen LogP contribution in [0.15, 0.2) is 158 Å². The second kappa shape index (κ2) is 14.2. The maximum atomic E-state index is 5.39. The van der Waals surface area contributed by atoms with E-state index in [1.807, 2.05) is 84.9 Å². The highest BCUT2D eigenvalue weighted by Gasteiger charge is 2.27. The molecule has 0 radical (unpaired) electrons. The molecular weight excluding hydrogens is 673 g/mol. The Bertz CT molecular complexity index is 2280. The third-order valence-electron chi connectivity index (χ3n) is 9.78. The van der Waals surface area contributed by atoms with Gasteiger partial charge in [-0.15, -0.1) is 20.4 Å². The minimum Gasteiger partial charge on any atom is -0.497 e. The van der Waals surface area contributed by atoms with Gasteiger partial charge < -0.3 is 9.47 Å². The van der Waals surface area contributed by atoms with Gasteiger partial charge in [0.25, 0.3) is 0 Å². The molecule has 260 valence electrons. The Morgan fingerprint density at radius 3 is 0.943 bits per heavy atom. The molecule has 2 heterocycles. The number of benzene rings is 6. The minimum atomic E-state index is -2.08. The van der Waals surface area contributed by atoms with E-state index in [0.29, 0.717) is 0 Å². The Kier molecular flexibility index (Phi) is 8.99. The number of ether oxygens (including phenoxy) is 2. The SMILES string of the molecule is COc1ccc(-c2nnc(-c3ccc([Si](C)(C)c4ccc(-c5nnc(-c6ccc(OC)cc6)n5-c5ccccc5)cc4)cc3)n2-c2ccccc2)cc1. The van der Waals surface area contributed by atoms with Gasteiger partial charge in [-0.3, -0.25) is 9.13 Å². The summed E-state index contributed by atoms with van der Waals surface area (Å²) in [6.07, 6.45) is 0. The van der Waals surface area contributed by atoms with Crippen molar-refractivity contribution in [3.8, 4) is 68.4 Å². The summed E-state index contributed by atoms with van der Waals surface area (Å²) >= 11 is 0. The van der Waals surface area contributed by atoms with Crippen molar-refractivity contribution in [3.05, 3.63) is 158 Å². The molecule has 6 aromatic carbocycles. The summed E-state index contributed by atoms with van der Waals surface area (Å²) in [5.74, 6) is 4.71. The lowest BCUT2D eigenvalue weighted by Crippen LogP contribution is -2.52. The molecule has 0 unspecified atom stereocenters. The van der Waals surface area contributed by atoms with Crippen molar-refractivity contribution < 1.29 is 9.47 Å². The molecule has 0 saturated heterocycles. The maximum Gasteiger partial charge on any atom is 0.168 e. The van der Waals surface area contributed by atoms with Gasteiger partial charge in [0, 0.05) is 33.6 Å². The van der Waals surface area contributed by atoms with Gasteiger partial charge in [-0.1, -0.05) is 108 Å². The van der Waals surface area contributed by atoms with E-state index in [-0.39, 0.29) is 0 Å². The van der Waals surface area contributed by atoms with Crippen LogP contribution in [0.3, 0.4) is 0 Å². The molecular formula is C44H38N6O2Si. The van der Waals surface area contributed by atoms with Crippen molar-refractivity contribution >= 4 is 18.4 Å². The molecule has 8 nitrogen and oxygen atoms in total. The van der Waals surface area contributed by atoms with Crippen LogP contribution in [0, 0.1) is 0 Å². The highest BCUT2D eigenvalue weighted by Crippen LogP contribution is 2.31. The monoisotopic (exact) mass is 710 g/mol. The molecule has 0 bridgehead atoms. The summed E-state index contributed by atoms with van der Waals surface area (Å²) in [5, 5.41) is 21.4. The Hall–Kier alpha value is -6.58. The Morgan fingerprint density at radius 2 is 0.660 bits per heavy atom. The number of methoxy groups -OCH3 is 2.